The predicted molar refractivity (Wildman–Crippen MR) is 80.8 cm³/mol. The number of aliphatic hydroxyl groups is 1. The second-order valence-electron chi connectivity index (χ2n) is 5.45. The van der Waals surface area contributed by atoms with Crippen molar-refractivity contribution in [1.82, 2.24) is 0 Å². The number of halogens is 2. The maximum atomic E-state index is 10.6. The second kappa shape index (κ2) is 4.82. The minimum Gasteiger partial charge on any atom is -0.388 e. The topological polar surface area (TPSA) is 20.2 Å². The van der Waals surface area contributed by atoms with Gasteiger partial charge in [-0.1, -0.05) is 22.4 Å². The Hall–Kier alpha value is 0.390. The van der Waals surface area contributed by atoms with Crippen molar-refractivity contribution in [2.45, 2.75) is 31.8 Å². The van der Waals surface area contributed by atoms with Crippen molar-refractivity contribution in [2.24, 2.45) is 17.8 Å². The highest BCUT2D eigenvalue weighted by molar-refractivity contribution is 14.1. The third kappa shape index (κ3) is 2.30. The summed E-state index contributed by atoms with van der Waals surface area (Å²) in [7, 11) is 0. The van der Waals surface area contributed by atoms with Gasteiger partial charge in [0.05, 0.1) is 6.10 Å². The van der Waals surface area contributed by atoms with Gasteiger partial charge in [-0.25, -0.2) is 0 Å². The minimum absolute atomic E-state index is 0.283. The largest absolute Gasteiger partial charge is 0.388 e. The van der Waals surface area contributed by atoms with Crippen LogP contribution >= 0.6 is 38.5 Å². The monoisotopic (exact) mass is 406 g/mol. The van der Waals surface area contributed by atoms with E-state index in [9.17, 15) is 5.11 Å². The van der Waals surface area contributed by atoms with Crippen molar-refractivity contribution >= 4 is 38.5 Å². The molecule has 0 saturated heterocycles. The molecule has 1 aromatic rings. The van der Waals surface area contributed by atoms with Crippen LogP contribution in [-0.4, -0.2) is 5.11 Å². The molecule has 4 unspecified atom stereocenters. The van der Waals surface area contributed by atoms with Gasteiger partial charge in [-0.3, -0.25) is 0 Å². The number of benzene rings is 1. The summed E-state index contributed by atoms with van der Waals surface area (Å²) in [4.78, 5) is 0. The number of rotatable bonds is 2. The van der Waals surface area contributed by atoms with E-state index in [2.05, 4.69) is 50.7 Å². The first-order valence-corrected chi connectivity index (χ1v) is 8.15. The van der Waals surface area contributed by atoms with Crippen LogP contribution < -0.4 is 0 Å². The first kappa shape index (κ1) is 12.4. The van der Waals surface area contributed by atoms with E-state index < -0.39 is 0 Å². The Morgan fingerprint density at radius 2 is 2.12 bits per heavy atom. The summed E-state index contributed by atoms with van der Waals surface area (Å²) in [5, 5.41) is 10.6. The lowest BCUT2D eigenvalue weighted by atomic mass is 9.82. The molecule has 2 saturated carbocycles. The SMILES string of the molecule is OC(c1cc(I)ccc1Br)C1CC2CCC1C2. The summed E-state index contributed by atoms with van der Waals surface area (Å²) in [6, 6.07) is 6.23. The minimum atomic E-state index is -0.283. The molecule has 2 aliphatic rings. The van der Waals surface area contributed by atoms with Gasteiger partial charge in [0.2, 0.25) is 0 Å². The summed E-state index contributed by atoms with van der Waals surface area (Å²) in [6.45, 7) is 0. The molecule has 0 aromatic heterocycles. The van der Waals surface area contributed by atoms with Crippen LogP contribution in [0, 0.1) is 21.3 Å². The molecule has 2 aliphatic carbocycles. The summed E-state index contributed by atoms with van der Waals surface area (Å²) in [6.07, 6.45) is 5.01. The van der Waals surface area contributed by atoms with E-state index in [-0.39, 0.29) is 6.10 Å². The molecule has 3 rings (SSSR count). The zero-order valence-electron chi connectivity index (χ0n) is 9.57. The van der Waals surface area contributed by atoms with Gasteiger partial charge < -0.3 is 5.11 Å². The van der Waals surface area contributed by atoms with E-state index in [4.69, 9.17) is 0 Å². The van der Waals surface area contributed by atoms with Crippen LogP contribution in [0.5, 0.6) is 0 Å². The molecule has 3 heteroatoms. The van der Waals surface area contributed by atoms with E-state index in [1.165, 1.54) is 29.3 Å². The molecular formula is C14H16BrIO. The fourth-order valence-corrected chi connectivity index (χ4v) is 4.65. The van der Waals surface area contributed by atoms with Crippen molar-refractivity contribution in [1.29, 1.82) is 0 Å². The van der Waals surface area contributed by atoms with Gasteiger partial charge in [0, 0.05) is 8.04 Å². The lowest BCUT2D eigenvalue weighted by Crippen LogP contribution is -2.19. The smallest absolute Gasteiger partial charge is 0.0832 e. The summed E-state index contributed by atoms with van der Waals surface area (Å²) >= 11 is 5.88. The highest BCUT2D eigenvalue weighted by Gasteiger charge is 2.43. The predicted octanol–water partition coefficient (Wildman–Crippen LogP) is 4.52. The Morgan fingerprint density at radius 1 is 1.29 bits per heavy atom. The Balaban J connectivity index is 1.86. The van der Waals surface area contributed by atoms with Gasteiger partial charge in [-0.05, 0) is 83.4 Å². The lowest BCUT2D eigenvalue weighted by Gasteiger charge is -2.27. The van der Waals surface area contributed by atoms with Crippen LogP contribution in [0.25, 0.3) is 0 Å². The molecule has 2 bridgehead atoms. The molecule has 4 atom stereocenters. The van der Waals surface area contributed by atoms with E-state index >= 15 is 0 Å². The molecular weight excluding hydrogens is 391 g/mol. The number of aliphatic hydroxyl groups excluding tert-OH is 1. The molecule has 0 spiro atoms. The number of fused-ring (bicyclic) bond motifs is 2. The maximum Gasteiger partial charge on any atom is 0.0832 e. The fraction of sp³-hybridized carbons (Fsp3) is 0.571. The van der Waals surface area contributed by atoms with E-state index in [0.29, 0.717) is 5.92 Å². The normalized spacial score (nSPS) is 33.0. The molecule has 17 heavy (non-hydrogen) atoms. The van der Waals surface area contributed by atoms with Crippen LogP contribution in [0.4, 0.5) is 0 Å². The van der Waals surface area contributed by atoms with Crippen LogP contribution in [0.1, 0.15) is 37.4 Å². The van der Waals surface area contributed by atoms with Crippen molar-refractivity contribution in [3.05, 3.63) is 31.8 Å². The Labute approximate surface area is 124 Å². The number of hydrogen-bond acceptors (Lipinski definition) is 1. The van der Waals surface area contributed by atoms with Crippen LogP contribution in [0.3, 0.4) is 0 Å². The van der Waals surface area contributed by atoms with Crippen molar-refractivity contribution < 1.29 is 5.11 Å². The molecule has 1 nitrogen and oxygen atoms in total. The molecule has 1 aromatic carbocycles. The molecule has 0 heterocycles. The number of hydrogen-bond donors (Lipinski definition) is 1. The van der Waals surface area contributed by atoms with Crippen molar-refractivity contribution in [3.63, 3.8) is 0 Å². The fourth-order valence-electron chi connectivity index (χ4n) is 3.65. The first-order chi connectivity index (χ1) is 8.15. The van der Waals surface area contributed by atoms with Crippen LogP contribution in [0.15, 0.2) is 22.7 Å². The highest BCUT2D eigenvalue weighted by Crippen LogP contribution is 2.53. The third-order valence-electron chi connectivity index (χ3n) is 4.48. The van der Waals surface area contributed by atoms with Crippen LogP contribution in [-0.2, 0) is 0 Å². The first-order valence-electron chi connectivity index (χ1n) is 6.28. The standard InChI is InChI=1S/C14H16BrIO/c15-13-4-3-10(16)7-12(13)14(17)11-6-8-1-2-9(11)5-8/h3-4,7-9,11,14,17H,1-2,5-6H2. The molecule has 2 fully saturated rings. The van der Waals surface area contributed by atoms with Crippen molar-refractivity contribution in [3.8, 4) is 0 Å². The Bertz CT molecular complexity index is 434. The Kier molecular flexibility index (Phi) is 3.52. The van der Waals surface area contributed by atoms with Crippen molar-refractivity contribution in [2.75, 3.05) is 0 Å². The summed E-state index contributed by atoms with van der Waals surface area (Å²) in [5.74, 6) is 2.14. The molecule has 1 N–H and O–H groups in total. The summed E-state index contributed by atoms with van der Waals surface area (Å²) in [5.41, 5.74) is 1.08. The van der Waals surface area contributed by atoms with Gasteiger partial charge in [-0.2, -0.15) is 0 Å². The second-order valence-corrected chi connectivity index (χ2v) is 7.55. The lowest BCUT2D eigenvalue weighted by molar-refractivity contribution is 0.0739. The molecule has 0 aliphatic heterocycles. The van der Waals surface area contributed by atoms with Gasteiger partial charge in [0.15, 0.2) is 0 Å². The summed E-state index contributed by atoms with van der Waals surface area (Å²) < 4.78 is 2.25. The van der Waals surface area contributed by atoms with Gasteiger partial charge >= 0.3 is 0 Å². The molecule has 92 valence electrons. The van der Waals surface area contributed by atoms with E-state index in [1.54, 1.807) is 0 Å². The molecule has 0 radical (unpaired) electrons. The average Bonchev–Trinajstić information content (AvgIpc) is 2.93. The molecule has 0 amide bonds. The van der Waals surface area contributed by atoms with Gasteiger partial charge in [0.1, 0.15) is 0 Å². The average molecular weight is 407 g/mol. The van der Waals surface area contributed by atoms with Crippen LogP contribution in [0.2, 0.25) is 0 Å². The Morgan fingerprint density at radius 3 is 2.76 bits per heavy atom. The quantitative estimate of drug-likeness (QED) is 0.715. The van der Waals surface area contributed by atoms with E-state index in [1.807, 2.05) is 6.07 Å². The zero-order valence-corrected chi connectivity index (χ0v) is 13.3. The highest BCUT2D eigenvalue weighted by atomic mass is 127. The zero-order chi connectivity index (χ0) is 12.0. The maximum absolute atomic E-state index is 10.6. The van der Waals surface area contributed by atoms with E-state index in [0.717, 1.165) is 21.9 Å². The third-order valence-corrected chi connectivity index (χ3v) is 5.87. The van der Waals surface area contributed by atoms with Gasteiger partial charge in [0.25, 0.3) is 0 Å². The van der Waals surface area contributed by atoms with Gasteiger partial charge in [-0.15, -0.1) is 0 Å².